The standard InChI is InChI=1S/C19H17ClN2O3/c1-12-3-8-17-21-16(9-18(23)22(17)10-12)11-25-19(24)13(2)14-4-6-15(20)7-5-14/h3-10,13H,11H2,1-2H3. The van der Waals surface area contributed by atoms with Crippen molar-refractivity contribution in [3.8, 4) is 0 Å². The quantitative estimate of drug-likeness (QED) is 0.671. The number of halogens is 1. The molecular formula is C19H17ClN2O3. The summed E-state index contributed by atoms with van der Waals surface area (Å²) < 4.78 is 6.79. The van der Waals surface area contributed by atoms with Gasteiger partial charge in [-0.25, -0.2) is 4.98 Å². The van der Waals surface area contributed by atoms with Crippen molar-refractivity contribution < 1.29 is 9.53 Å². The van der Waals surface area contributed by atoms with Gasteiger partial charge in [0.2, 0.25) is 0 Å². The number of rotatable bonds is 4. The third kappa shape index (κ3) is 3.88. The van der Waals surface area contributed by atoms with Crippen LogP contribution in [0.15, 0.2) is 53.5 Å². The van der Waals surface area contributed by atoms with E-state index in [9.17, 15) is 9.59 Å². The lowest BCUT2D eigenvalue weighted by Crippen LogP contribution is -2.18. The molecule has 25 heavy (non-hydrogen) atoms. The topological polar surface area (TPSA) is 60.7 Å². The maximum atomic E-state index is 12.2. The number of hydrogen-bond donors (Lipinski definition) is 0. The van der Waals surface area contributed by atoms with Gasteiger partial charge in [0, 0.05) is 17.3 Å². The molecule has 1 aromatic carbocycles. The van der Waals surface area contributed by atoms with Gasteiger partial charge in [-0.05, 0) is 43.2 Å². The number of ether oxygens (including phenoxy) is 1. The Balaban J connectivity index is 1.73. The summed E-state index contributed by atoms with van der Waals surface area (Å²) >= 11 is 5.85. The molecule has 6 heteroatoms. The summed E-state index contributed by atoms with van der Waals surface area (Å²) in [6.45, 7) is 3.62. The van der Waals surface area contributed by atoms with Gasteiger partial charge in [0.25, 0.3) is 5.56 Å². The molecule has 0 saturated carbocycles. The van der Waals surface area contributed by atoms with Crippen LogP contribution in [0.2, 0.25) is 5.02 Å². The average Bonchev–Trinajstić information content (AvgIpc) is 2.60. The number of nitrogens with zero attached hydrogens (tertiary/aromatic N) is 2. The Bertz CT molecular complexity index is 980. The van der Waals surface area contributed by atoms with Gasteiger partial charge in [0.1, 0.15) is 12.3 Å². The largest absolute Gasteiger partial charge is 0.459 e. The SMILES string of the molecule is Cc1ccc2nc(COC(=O)C(C)c3ccc(Cl)cc3)cc(=O)n2c1. The second kappa shape index (κ2) is 7.07. The van der Waals surface area contributed by atoms with Crippen LogP contribution < -0.4 is 5.56 Å². The average molecular weight is 357 g/mol. The number of esters is 1. The first-order valence-corrected chi connectivity index (χ1v) is 8.23. The van der Waals surface area contributed by atoms with Gasteiger partial charge < -0.3 is 4.74 Å². The van der Waals surface area contributed by atoms with E-state index in [-0.39, 0.29) is 18.1 Å². The van der Waals surface area contributed by atoms with Crippen LogP contribution >= 0.6 is 11.6 Å². The van der Waals surface area contributed by atoms with E-state index in [0.717, 1.165) is 11.1 Å². The van der Waals surface area contributed by atoms with E-state index in [4.69, 9.17) is 16.3 Å². The van der Waals surface area contributed by atoms with Crippen LogP contribution in [-0.2, 0) is 16.1 Å². The zero-order valence-corrected chi connectivity index (χ0v) is 14.7. The Kier molecular flexibility index (Phi) is 4.86. The molecule has 0 aliphatic rings. The molecule has 128 valence electrons. The fourth-order valence-electron chi connectivity index (χ4n) is 2.49. The highest BCUT2D eigenvalue weighted by Crippen LogP contribution is 2.19. The molecule has 3 rings (SSSR count). The minimum Gasteiger partial charge on any atom is -0.459 e. The normalized spacial score (nSPS) is 12.1. The van der Waals surface area contributed by atoms with Gasteiger partial charge >= 0.3 is 5.97 Å². The van der Waals surface area contributed by atoms with Gasteiger partial charge in [-0.1, -0.05) is 29.8 Å². The fourth-order valence-corrected chi connectivity index (χ4v) is 2.62. The minimum absolute atomic E-state index is 0.0453. The van der Waals surface area contributed by atoms with E-state index in [2.05, 4.69) is 4.98 Å². The van der Waals surface area contributed by atoms with Crippen LogP contribution in [0.4, 0.5) is 0 Å². The third-order valence-corrected chi connectivity index (χ3v) is 4.20. The second-order valence-electron chi connectivity index (χ2n) is 5.90. The first-order valence-electron chi connectivity index (χ1n) is 7.85. The molecule has 0 radical (unpaired) electrons. The molecule has 0 aliphatic carbocycles. The van der Waals surface area contributed by atoms with E-state index in [0.29, 0.717) is 16.4 Å². The van der Waals surface area contributed by atoms with Crippen molar-refractivity contribution in [2.75, 3.05) is 0 Å². The number of aryl methyl sites for hydroxylation is 1. The highest BCUT2D eigenvalue weighted by molar-refractivity contribution is 6.30. The Morgan fingerprint density at radius 3 is 2.68 bits per heavy atom. The summed E-state index contributed by atoms with van der Waals surface area (Å²) in [7, 11) is 0. The maximum absolute atomic E-state index is 12.2. The molecule has 0 amide bonds. The lowest BCUT2D eigenvalue weighted by Gasteiger charge is -2.12. The maximum Gasteiger partial charge on any atom is 0.313 e. The molecule has 3 aromatic rings. The number of aromatic nitrogens is 2. The number of pyridine rings is 1. The first kappa shape index (κ1) is 17.2. The van der Waals surface area contributed by atoms with Gasteiger partial charge in [-0.3, -0.25) is 14.0 Å². The summed E-state index contributed by atoms with van der Waals surface area (Å²) in [5.74, 6) is -0.810. The van der Waals surface area contributed by atoms with Crippen LogP contribution in [0.25, 0.3) is 5.65 Å². The number of hydrogen-bond acceptors (Lipinski definition) is 4. The Morgan fingerprint density at radius 1 is 1.24 bits per heavy atom. The number of fused-ring (bicyclic) bond motifs is 1. The van der Waals surface area contributed by atoms with Crippen molar-refractivity contribution in [1.29, 1.82) is 0 Å². The van der Waals surface area contributed by atoms with Crippen molar-refractivity contribution in [1.82, 2.24) is 9.38 Å². The first-order chi connectivity index (χ1) is 11.9. The number of carbonyl (C=O) groups excluding carboxylic acids is 1. The monoisotopic (exact) mass is 356 g/mol. The third-order valence-electron chi connectivity index (χ3n) is 3.95. The lowest BCUT2D eigenvalue weighted by molar-refractivity contribution is -0.146. The smallest absolute Gasteiger partial charge is 0.313 e. The summed E-state index contributed by atoms with van der Waals surface area (Å²) in [6, 6.07) is 12.1. The summed E-state index contributed by atoms with van der Waals surface area (Å²) in [6.07, 6.45) is 1.73. The number of carbonyl (C=O) groups is 1. The van der Waals surface area contributed by atoms with Gasteiger partial charge in [0.05, 0.1) is 11.6 Å². The highest BCUT2D eigenvalue weighted by Gasteiger charge is 2.17. The zero-order chi connectivity index (χ0) is 18.0. The lowest BCUT2D eigenvalue weighted by atomic mass is 10.0. The van der Waals surface area contributed by atoms with E-state index in [1.54, 1.807) is 43.5 Å². The molecule has 0 fully saturated rings. The zero-order valence-electron chi connectivity index (χ0n) is 13.9. The molecule has 0 saturated heterocycles. The van der Waals surface area contributed by atoms with Gasteiger partial charge in [-0.2, -0.15) is 0 Å². The molecule has 5 nitrogen and oxygen atoms in total. The Labute approximate surface area is 149 Å². The van der Waals surface area contributed by atoms with E-state index in [1.165, 1.54) is 10.5 Å². The van der Waals surface area contributed by atoms with Gasteiger partial charge in [-0.15, -0.1) is 0 Å². The van der Waals surface area contributed by atoms with Crippen molar-refractivity contribution >= 4 is 23.2 Å². The van der Waals surface area contributed by atoms with Crippen LogP contribution in [-0.4, -0.2) is 15.4 Å². The van der Waals surface area contributed by atoms with Crippen LogP contribution in [0, 0.1) is 6.92 Å². The van der Waals surface area contributed by atoms with Crippen molar-refractivity contribution in [3.63, 3.8) is 0 Å². The fraction of sp³-hybridized carbons (Fsp3) is 0.211. The van der Waals surface area contributed by atoms with Crippen LogP contribution in [0.3, 0.4) is 0 Å². The Hall–Kier alpha value is -2.66. The van der Waals surface area contributed by atoms with Crippen LogP contribution in [0.5, 0.6) is 0 Å². The minimum atomic E-state index is -0.429. The molecule has 0 N–H and O–H groups in total. The van der Waals surface area contributed by atoms with Crippen molar-refractivity contribution in [2.24, 2.45) is 0 Å². The van der Waals surface area contributed by atoms with E-state index < -0.39 is 5.92 Å². The predicted molar refractivity (Wildman–Crippen MR) is 95.9 cm³/mol. The van der Waals surface area contributed by atoms with Crippen molar-refractivity contribution in [2.45, 2.75) is 26.4 Å². The summed E-state index contributed by atoms with van der Waals surface area (Å²) in [4.78, 5) is 28.7. The van der Waals surface area contributed by atoms with Gasteiger partial charge in [0.15, 0.2) is 0 Å². The van der Waals surface area contributed by atoms with Crippen LogP contribution in [0.1, 0.15) is 29.7 Å². The molecule has 1 atom stereocenters. The van der Waals surface area contributed by atoms with E-state index in [1.807, 2.05) is 13.0 Å². The number of benzene rings is 1. The summed E-state index contributed by atoms with van der Waals surface area (Å²) in [5.41, 5.74) is 2.52. The second-order valence-corrected chi connectivity index (χ2v) is 6.34. The highest BCUT2D eigenvalue weighted by atomic mass is 35.5. The molecule has 1 unspecified atom stereocenters. The Morgan fingerprint density at radius 2 is 1.96 bits per heavy atom. The molecule has 0 spiro atoms. The summed E-state index contributed by atoms with van der Waals surface area (Å²) in [5, 5.41) is 0.611. The molecule has 0 bridgehead atoms. The van der Waals surface area contributed by atoms with Crippen molar-refractivity contribution in [3.05, 3.63) is 80.9 Å². The molecular weight excluding hydrogens is 340 g/mol. The molecule has 2 heterocycles. The molecule has 0 aliphatic heterocycles. The molecule has 2 aromatic heterocycles. The van der Waals surface area contributed by atoms with E-state index >= 15 is 0 Å². The predicted octanol–water partition coefficient (Wildman–Crippen LogP) is 3.50.